The van der Waals surface area contributed by atoms with Crippen molar-refractivity contribution in [3.05, 3.63) is 48.5 Å². The maximum Gasteiger partial charge on any atom is 0.231 e. The summed E-state index contributed by atoms with van der Waals surface area (Å²) in [6.45, 7) is 2.14. The minimum atomic E-state index is 0.248. The zero-order valence-electron chi connectivity index (χ0n) is 12.9. The van der Waals surface area contributed by atoms with Gasteiger partial charge in [-0.2, -0.15) is 4.98 Å². The lowest BCUT2D eigenvalue weighted by Gasteiger charge is -2.10. The van der Waals surface area contributed by atoms with Crippen molar-refractivity contribution in [1.82, 2.24) is 19.9 Å². The number of rotatable bonds is 4. The van der Waals surface area contributed by atoms with E-state index in [0.717, 1.165) is 17.1 Å². The lowest BCUT2D eigenvalue weighted by molar-refractivity contribution is 0.174. The zero-order chi connectivity index (χ0) is 16.4. The van der Waals surface area contributed by atoms with Gasteiger partial charge in [0.05, 0.1) is 6.20 Å². The summed E-state index contributed by atoms with van der Waals surface area (Å²) in [6.07, 6.45) is 4.81. The van der Waals surface area contributed by atoms with E-state index < -0.39 is 0 Å². The van der Waals surface area contributed by atoms with Gasteiger partial charge in [0.2, 0.25) is 12.7 Å². The fraction of sp³-hybridized carbons (Fsp3) is 0.125. The molecule has 8 heteroatoms. The summed E-state index contributed by atoms with van der Waals surface area (Å²) >= 11 is 0. The molecule has 2 N–H and O–H groups in total. The summed E-state index contributed by atoms with van der Waals surface area (Å²) in [5.41, 5.74) is 1.67. The second-order valence-corrected chi connectivity index (χ2v) is 5.13. The van der Waals surface area contributed by atoms with Gasteiger partial charge in [-0.05, 0) is 19.1 Å². The summed E-state index contributed by atoms with van der Waals surface area (Å²) in [5, 5.41) is 6.27. The third-order valence-corrected chi connectivity index (χ3v) is 3.30. The van der Waals surface area contributed by atoms with E-state index in [0.29, 0.717) is 23.3 Å². The molecule has 8 nitrogen and oxygen atoms in total. The van der Waals surface area contributed by atoms with Crippen molar-refractivity contribution in [1.29, 1.82) is 0 Å². The van der Waals surface area contributed by atoms with Crippen molar-refractivity contribution < 1.29 is 9.47 Å². The molecule has 0 aliphatic carbocycles. The molecule has 0 spiro atoms. The van der Waals surface area contributed by atoms with E-state index in [1.807, 2.05) is 31.2 Å². The van der Waals surface area contributed by atoms with Gasteiger partial charge in [0, 0.05) is 35.9 Å². The number of nitrogens with zero attached hydrogens (tertiary/aromatic N) is 4. The van der Waals surface area contributed by atoms with Crippen LogP contribution in [0.15, 0.2) is 42.9 Å². The summed E-state index contributed by atoms with van der Waals surface area (Å²) < 4.78 is 10.7. The van der Waals surface area contributed by atoms with E-state index >= 15 is 0 Å². The van der Waals surface area contributed by atoms with Crippen LogP contribution in [0.3, 0.4) is 0 Å². The van der Waals surface area contributed by atoms with E-state index in [-0.39, 0.29) is 6.79 Å². The molecule has 0 bridgehead atoms. The SMILES string of the molecule is Cc1cc(Nc2ccc3c(c2)OCO3)nc(Nc2cnccn2)n1. The molecule has 0 saturated carbocycles. The third-order valence-electron chi connectivity index (χ3n) is 3.30. The van der Waals surface area contributed by atoms with Gasteiger partial charge in [-0.1, -0.05) is 0 Å². The predicted molar refractivity (Wildman–Crippen MR) is 87.9 cm³/mol. The number of hydrogen-bond acceptors (Lipinski definition) is 8. The normalized spacial score (nSPS) is 12.0. The Hall–Kier alpha value is -3.42. The Labute approximate surface area is 137 Å². The van der Waals surface area contributed by atoms with Crippen LogP contribution in [0.2, 0.25) is 0 Å². The highest BCUT2D eigenvalue weighted by molar-refractivity contribution is 5.63. The maximum atomic E-state index is 5.38. The molecule has 0 radical (unpaired) electrons. The predicted octanol–water partition coefficient (Wildman–Crippen LogP) is 2.79. The molecule has 24 heavy (non-hydrogen) atoms. The summed E-state index contributed by atoms with van der Waals surface area (Å²) in [4.78, 5) is 17.0. The smallest absolute Gasteiger partial charge is 0.231 e. The van der Waals surface area contributed by atoms with Gasteiger partial charge in [0.15, 0.2) is 17.3 Å². The second-order valence-electron chi connectivity index (χ2n) is 5.13. The average molecular weight is 322 g/mol. The number of aromatic nitrogens is 4. The molecule has 2 aromatic heterocycles. The van der Waals surface area contributed by atoms with E-state index in [2.05, 4.69) is 30.6 Å². The standard InChI is InChI=1S/C16H14N6O2/c1-10-6-14(20-11-2-3-12-13(7-11)24-9-23-12)21-16(19-10)22-15-8-17-4-5-18-15/h2-8H,9H2,1H3,(H2,18,19,20,21,22). The first-order valence-corrected chi connectivity index (χ1v) is 7.32. The molecular weight excluding hydrogens is 308 g/mol. The summed E-state index contributed by atoms with van der Waals surface area (Å²) in [7, 11) is 0. The van der Waals surface area contributed by atoms with Gasteiger partial charge in [-0.3, -0.25) is 4.98 Å². The molecule has 0 saturated heterocycles. The fourth-order valence-corrected chi connectivity index (χ4v) is 2.29. The lowest BCUT2D eigenvalue weighted by atomic mass is 10.2. The first-order valence-electron chi connectivity index (χ1n) is 7.32. The number of benzene rings is 1. The van der Waals surface area contributed by atoms with Crippen LogP contribution < -0.4 is 20.1 Å². The van der Waals surface area contributed by atoms with Crippen molar-refractivity contribution in [2.45, 2.75) is 6.92 Å². The van der Waals surface area contributed by atoms with Gasteiger partial charge < -0.3 is 20.1 Å². The number of ether oxygens (including phenoxy) is 2. The van der Waals surface area contributed by atoms with Crippen molar-refractivity contribution in [3.8, 4) is 11.5 Å². The van der Waals surface area contributed by atoms with Crippen LogP contribution in [0, 0.1) is 6.92 Å². The zero-order valence-corrected chi connectivity index (χ0v) is 12.9. The topological polar surface area (TPSA) is 94.1 Å². The van der Waals surface area contributed by atoms with E-state index in [1.54, 1.807) is 18.6 Å². The number of fused-ring (bicyclic) bond motifs is 1. The monoisotopic (exact) mass is 322 g/mol. The van der Waals surface area contributed by atoms with E-state index in [9.17, 15) is 0 Å². The molecule has 1 aliphatic rings. The van der Waals surface area contributed by atoms with Crippen molar-refractivity contribution in [3.63, 3.8) is 0 Å². The Morgan fingerprint density at radius 2 is 1.88 bits per heavy atom. The first kappa shape index (κ1) is 14.2. The maximum absolute atomic E-state index is 5.38. The molecule has 0 fully saturated rings. The molecule has 1 aliphatic heterocycles. The molecule has 3 heterocycles. The first-order chi connectivity index (χ1) is 11.8. The van der Waals surface area contributed by atoms with Crippen LogP contribution in [0.5, 0.6) is 11.5 Å². The summed E-state index contributed by atoms with van der Waals surface area (Å²) in [5.74, 6) is 3.14. The van der Waals surface area contributed by atoms with Gasteiger partial charge in [0.1, 0.15) is 5.82 Å². The largest absolute Gasteiger partial charge is 0.454 e. The fourth-order valence-electron chi connectivity index (χ4n) is 2.29. The Balaban J connectivity index is 1.57. The number of anilines is 4. The van der Waals surface area contributed by atoms with Crippen LogP contribution >= 0.6 is 0 Å². The summed E-state index contributed by atoms with van der Waals surface area (Å²) in [6, 6.07) is 7.49. The highest BCUT2D eigenvalue weighted by Crippen LogP contribution is 2.35. The molecule has 3 aromatic rings. The third kappa shape index (κ3) is 3.02. The van der Waals surface area contributed by atoms with Crippen LogP contribution in [-0.4, -0.2) is 26.7 Å². The van der Waals surface area contributed by atoms with E-state index in [4.69, 9.17) is 9.47 Å². The van der Waals surface area contributed by atoms with Crippen LogP contribution in [0.1, 0.15) is 5.69 Å². The van der Waals surface area contributed by atoms with Crippen LogP contribution in [-0.2, 0) is 0 Å². The number of hydrogen-bond donors (Lipinski definition) is 2. The van der Waals surface area contributed by atoms with Crippen LogP contribution in [0.4, 0.5) is 23.3 Å². The van der Waals surface area contributed by atoms with Crippen molar-refractivity contribution in [2.24, 2.45) is 0 Å². The Morgan fingerprint density at radius 1 is 0.958 bits per heavy atom. The second kappa shape index (κ2) is 5.99. The van der Waals surface area contributed by atoms with Gasteiger partial charge in [0.25, 0.3) is 0 Å². The highest BCUT2D eigenvalue weighted by Gasteiger charge is 2.13. The molecule has 0 atom stereocenters. The lowest BCUT2D eigenvalue weighted by Crippen LogP contribution is -2.03. The minimum Gasteiger partial charge on any atom is -0.454 e. The minimum absolute atomic E-state index is 0.248. The molecule has 1 aromatic carbocycles. The Kier molecular flexibility index (Phi) is 3.54. The number of aryl methyl sites for hydroxylation is 1. The quantitative estimate of drug-likeness (QED) is 0.757. The average Bonchev–Trinajstić information content (AvgIpc) is 3.03. The Morgan fingerprint density at radius 3 is 2.75 bits per heavy atom. The van der Waals surface area contributed by atoms with Gasteiger partial charge in [-0.15, -0.1) is 0 Å². The molecule has 4 rings (SSSR count). The van der Waals surface area contributed by atoms with Crippen molar-refractivity contribution in [2.75, 3.05) is 17.4 Å². The highest BCUT2D eigenvalue weighted by atomic mass is 16.7. The van der Waals surface area contributed by atoms with Gasteiger partial charge >= 0.3 is 0 Å². The van der Waals surface area contributed by atoms with Gasteiger partial charge in [-0.25, -0.2) is 9.97 Å². The van der Waals surface area contributed by atoms with Crippen LogP contribution in [0.25, 0.3) is 0 Å². The number of nitrogens with one attached hydrogen (secondary N) is 2. The molecule has 0 unspecified atom stereocenters. The molecule has 0 amide bonds. The molecular formula is C16H14N6O2. The van der Waals surface area contributed by atoms with Crippen molar-refractivity contribution >= 4 is 23.3 Å². The molecule has 120 valence electrons. The van der Waals surface area contributed by atoms with E-state index in [1.165, 1.54) is 0 Å². The Bertz CT molecular complexity index is 872.